The summed E-state index contributed by atoms with van der Waals surface area (Å²) in [7, 11) is 1.23. The molecule has 8 heteroatoms. The van der Waals surface area contributed by atoms with Gasteiger partial charge in [-0.25, -0.2) is 4.79 Å². The van der Waals surface area contributed by atoms with Gasteiger partial charge in [-0.3, -0.25) is 14.9 Å². The van der Waals surface area contributed by atoms with E-state index in [-0.39, 0.29) is 11.5 Å². The zero-order valence-electron chi connectivity index (χ0n) is 16.2. The van der Waals surface area contributed by atoms with Gasteiger partial charge in [-0.05, 0) is 37.7 Å². The Kier molecular flexibility index (Phi) is 5.08. The normalized spacial score (nSPS) is 21.5. The summed E-state index contributed by atoms with van der Waals surface area (Å²) in [6, 6.07) is 6.20. The number of rotatable bonds is 3. The van der Waals surface area contributed by atoms with Gasteiger partial charge in [0, 0.05) is 36.4 Å². The second-order valence-electron chi connectivity index (χ2n) is 7.40. The molecule has 1 aliphatic carbocycles. The number of allylic oxidation sites excluding steroid dienone is 3. The number of carbonyl (C=O) groups excluding carboxylic acids is 2. The van der Waals surface area contributed by atoms with Crippen LogP contribution in [-0.2, 0) is 14.3 Å². The van der Waals surface area contributed by atoms with Crippen molar-refractivity contribution < 1.29 is 24.0 Å². The molecule has 0 bridgehead atoms. The number of piperidine rings is 1. The lowest BCUT2D eigenvalue weighted by atomic mass is 9.76. The van der Waals surface area contributed by atoms with Gasteiger partial charge in [0.1, 0.15) is 5.76 Å². The molecule has 1 aromatic rings. The Morgan fingerprint density at radius 3 is 2.72 bits per heavy atom. The van der Waals surface area contributed by atoms with Gasteiger partial charge in [0.2, 0.25) is 0 Å². The van der Waals surface area contributed by atoms with Crippen molar-refractivity contribution in [1.82, 2.24) is 4.90 Å². The summed E-state index contributed by atoms with van der Waals surface area (Å²) in [5.41, 5.74) is 2.91. The molecule has 1 atom stereocenters. The van der Waals surface area contributed by atoms with Crippen molar-refractivity contribution in [3.8, 4) is 0 Å². The third kappa shape index (κ3) is 3.39. The summed E-state index contributed by atoms with van der Waals surface area (Å²) < 4.78 is 10.3. The van der Waals surface area contributed by atoms with Crippen LogP contribution >= 0.6 is 0 Å². The highest BCUT2D eigenvalue weighted by Gasteiger charge is 2.43. The molecule has 1 saturated heterocycles. The monoisotopic (exact) mass is 398 g/mol. The molecule has 1 aromatic carbocycles. The number of fused-ring (bicyclic) bond motifs is 2. The van der Waals surface area contributed by atoms with Crippen LogP contribution in [0.5, 0.6) is 0 Å². The number of nitro benzene ring substituents is 1. The van der Waals surface area contributed by atoms with Crippen molar-refractivity contribution in [2.75, 3.05) is 13.7 Å². The molecule has 1 unspecified atom stereocenters. The van der Waals surface area contributed by atoms with Crippen LogP contribution in [0, 0.1) is 10.1 Å². The Balaban J connectivity index is 1.92. The van der Waals surface area contributed by atoms with Crippen molar-refractivity contribution in [1.29, 1.82) is 0 Å². The van der Waals surface area contributed by atoms with E-state index in [1.54, 1.807) is 12.1 Å². The van der Waals surface area contributed by atoms with Crippen LogP contribution in [-0.4, -0.2) is 35.4 Å². The van der Waals surface area contributed by atoms with E-state index >= 15 is 0 Å². The molecule has 8 nitrogen and oxygen atoms in total. The second kappa shape index (κ2) is 7.69. The van der Waals surface area contributed by atoms with E-state index in [9.17, 15) is 19.7 Å². The van der Waals surface area contributed by atoms with E-state index < -0.39 is 17.0 Å². The number of methoxy groups -OCH3 is 1. The molecular weight excluding hydrogens is 376 g/mol. The summed E-state index contributed by atoms with van der Waals surface area (Å²) in [6.45, 7) is 0.761. The van der Waals surface area contributed by atoms with Crippen molar-refractivity contribution >= 4 is 17.6 Å². The van der Waals surface area contributed by atoms with Gasteiger partial charge in [0.05, 0.1) is 23.6 Å². The predicted molar refractivity (Wildman–Crippen MR) is 103 cm³/mol. The van der Waals surface area contributed by atoms with Crippen molar-refractivity contribution in [3.05, 3.63) is 62.7 Å². The Morgan fingerprint density at radius 2 is 1.97 bits per heavy atom. The van der Waals surface area contributed by atoms with Crippen LogP contribution in [0.4, 0.5) is 10.5 Å². The molecule has 0 N–H and O–H groups in total. The van der Waals surface area contributed by atoms with E-state index in [1.807, 2.05) is 0 Å². The molecule has 152 valence electrons. The highest BCUT2D eigenvalue weighted by molar-refractivity contribution is 5.99. The van der Waals surface area contributed by atoms with Crippen molar-refractivity contribution in [3.63, 3.8) is 0 Å². The number of carbonyl (C=O) groups is 2. The fourth-order valence-electron chi connectivity index (χ4n) is 4.52. The van der Waals surface area contributed by atoms with Crippen LogP contribution in [0.3, 0.4) is 0 Å². The van der Waals surface area contributed by atoms with Gasteiger partial charge >= 0.3 is 6.16 Å². The zero-order chi connectivity index (χ0) is 20.5. The summed E-state index contributed by atoms with van der Waals surface area (Å²) in [5, 5.41) is 11.3. The zero-order valence-corrected chi connectivity index (χ0v) is 16.2. The first-order valence-electron chi connectivity index (χ1n) is 9.78. The van der Waals surface area contributed by atoms with Gasteiger partial charge in [0.25, 0.3) is 5.69 Å². The third-order valence-corrected chi connectivity index (χ3v) is 5.74. The maximum absolute atomic E-state index is 13.0. The number of ether oxygens (including phenoxy) is 2. The molecule has 0 aromatic heterocycles. The van der Waals surface area contributed by atoms with E-state index in [0.29, 0.717) is 29.7 Å². The summed E-state index contributed by atoms with van der Waals surface area (Å²) in [4.78, 5) is 38.0. The smallest absolute Gasteiger partial charge is 0.437 e. The maximum atomic E-state index is 13.0. The summed E-state index contributed by atoms with van der Waals surface area (Å²) in [5.74, 6) is -0.300. The van der Waals surface area contributed by atoms with Gasteiger partial charge in [0.15, 0.2) is 5.78 Å². The molecule has 0 saturated carbocycles. The van der Waals surface area contributed by atoms with Crippen molar-refractivity contribution in [2.45, 2.75) is 44.4 Å². The largest absolute Gasteiger partial charge is 0.513 e. The number of nitrogens with zero attached hydrogens (tertiary/aromatic N) is 2. The number of hydrogen-bond acceptors (Lipinski definition) is 7. The van der Waals surface area contributed by atoms with Gasteiger partial charge < -0.3 is 14.4 Å². The van der Waals surface area contributed by atoms with Gasteiger partial charge in [-0.15, -0.1) is 0 Å². The molecule has 4 rings (SSSR count). The van der Waals surface area contributed by atoms with Crippen LogP contribution in [0.2, 0.25) is 0 Å². The first-order chi connectivity index (χ1) is 14.0. The number of Topliss-reactive ketones (excluding diaryl/α,β-unsaturated/α-hetero) is 1. The molecule has 2 heterocycles. The van der Waals surface area contributed by atoms with E-state index in [4.69, 9.17) is 9.47 Å². The molecular formula is C21H22N2O6. The Morgan fingerprint density at radius 1 is 1.17 bits per heavy atom. The minimum absolute atomic E-state index is 0.00153. The molecule has 0 amide bonds. The van der Waals surface area contributed by atoms with E-state index in [0.717, 1.165) is 43.6 Å². The second-order valence-corrected chi connectivity index (χ2v) is 7.40. The minimum atomic E-state index is -0.860. The first-order valence-corrected chi connectivity index (χ1v) is 9.78. The highest BCUT2D eigenvalue weighted by atomic mass is 16.7. The number of hydrogen-bond donors (Lipinski definition) is 0. The minimum Gasteiger partial charge on any atom is -0.437 e. The van der Waals surface area contributed by atoms with Crippen LogP contribution in [0.25, 0.3) is 0 Å². The third-order valence-electron chi connectivity index (χ3n) is 5.74. The molecule has 29 heavy (non-hydrogen) atoms. The number of ketones is 1. The predicted octanol–water partition coefficient (Wildman–Crippen LogP) is 4.18. The molecule has 3 aliphatic rings. The highest BCUT2D eigenvalue weighted by Crippen LogP contribution is 2.48. The average molecular weight is 398 g/mol. The van der Waals surface area contributed by atoms with Gasteiger partial charge in [-0.1, -0.05) is 12.1 Å². The van der Waals surface area contributed by atoms with E-state index in [2.05, 4.69) is 4.90 Å². The number of non-ortho nitro benzene ring substituents is 1. The fourth-order valence-corrected chi connectivity index (χ4v) is 4.52. The van der Waals surface area contributed by atoms with Gasteiger partial charge in [-0.2, -0.15) is 0 Å². The molecule has 0 radical (unpaired) electrons. The molecule has 1 fully saturated rings. The summed E-state index contributed by atoms with van der Waals surface area (Å²) >= 11 is 0. The summed E-state index contributed by atoms with van der Waals surface area (Å²) in [6.07, 6.45) is 3.74. The lowest BCUT2D eigenvalue weighted by Gasteiger charge is -2.43. The van der Waals surface area contributed by atoms with Crippen LogP contribution in [0.15, 0.2) is 47.0 Å². The quantitative estimate of drug-likeness (QED) is 0.428. The lowest BCUT2D eigenvalue weighted by Crippen LogP contribution is -2.39. The Hall–Kier alpha value is -3.16. The van der Waals surface area contributed by atoms with Crippen LogP contribution in [0.1, 0.15) is 50.0 Å². The maximum Gasteiger partial charge on any atom is 0.513 e. The fraction of sp³-hybridized carbons (Fsp3) is 0.429. The first kappa shape index (κ1) is 19.2. The van der Waals surface area contributed by atoms with Crippen LogP contribution < -0.4 is 0 Å². The number of benzene rings is 1. The SMILES string of the molecule is COC(=O)OC1=C2CCCCN2C2=C(C(=O)CCC2)C1c1cccc([N+](=O)[O-])c1. The Bertz CT molecular complexity index is 948. The average Bonchev–Trinajstić information content (AvgIpc) is 2.74. The van der Waals surface area contributed by atoms with E-state index in [1.165, 1.54) is 19.2 Å². The van der Waals surface area contributed by atoms with Crippen molar-refractivity contribution in [2.24, 2.45) is 0 Å². The standard InChI is InChI=1S/C21H22N2O6/c1-28-21(25)29-20-16-8-2-3-11-22(16)15-9-5-10-17(24)19(15)18(20)13-6-4-7-14(12-13)23(26)27/h4,6-7,12,18H,2-3,5,8-11H2,1H3. The topological polar surface area (TPSA) is 99.0 Å². The molecule has 2 aliphatic heterocycles. The molecule has 0 spiro atoms. The number of nitro groups is 1. The Labute approximate surface area is 167 Å². The lowest BCUT2D eigenvalue weighted by molar-refractivity contribution is -0.384.